The van der Waals surface area contributed by atoms with E-state index in [1.165, 1.54) is 5.57 Å². The molecule has 0 aromatic carbocycles. The van der Waals surface area contributed by atoms with Gasteiger partial charge < -0.3 is 0 Å². The number of hydrogen-bond donors (Lipinski definition) is 0. The lowest BCUT2D eigenvalue weighted by Crippen LogP contribution is -2.18. The Morgan fingerprint density at radius 1 is 1.23 bits per heavy atom. The van der Waals surface area contributed by atoms with Crippen molar-refractivity contribution in [1.82, 2.24) is 0 Å². The molecule has 0 aromatic heterocycles. The van der Waals surface area contributed by atoms with Crippen molar-refractivity contribution >= 4 is 5.78 Å². The van der Waals surface area contributed by atoms with Crippen molar-refractivity contribution in [1.29, 1.82) is 0 Å². The highest BCUT2D eigenvalue weighted by atomic mass is 16.1. The van der Waals surface area contributed by atoms with Crippen molar-refractivity contribution in [3.63, 3.8) is 0 Å². The lowest BCUT2D eigenvalue weighted by atomic mass is 9.89. The number of allylic oxidation sites excluding steroid dienone is 2. The number of carbonyl (C=O) groups is 1. The minimum atomic E-state index is 0.261. The van der Waals surface area contributed by atoms with Gasteiger partial charge in [0, 0.05) is 5.92 Å². The third-order valence-corrected chi connectivity index (χ3v) is 2.97. The highest BCUT2D eigenvalue weighted by Crippen LogP contribution is 2.36. The molecule has 0 saturated heterocycles. The Morgan fingerprint density at radius 2 is 1.77 bits per heavy atom. The zero-order chi connectivity index (χ0) is 10.2. The molecule has 13 heavy (non-hydrogen) atoms. The molecule has 0 amide bonds. The van der Waals surface area contributed by atoms with Gasteiger partial charge in [0.25, 0.3) is 0 Å². The Balaban J connectivity index is 2.88. The molecule has 0 saturated carbocycles. The average molecular weight is 180 g/mol. The summed E-state index contributed by atoms with van der Waals surface area (Å²) in [7, 11) is 0. The summed E-state index contributed by atoms with van der Waals surface area (Å²) in [6.07, 6.45) is 0.990. The van der Waals surface area contributed by atoms with Crippen LogP contribution in [0, 0.1) is 17.8 Å². The van der Waals surface area contributed by atoms with Crippen LogP contribution in [0.1, 0.15) is 41.0 Å². The second kappa shape index (κ2) is 3.65. The maximum absolute atomic E-state index is 11.9. The van der Waals surface area contributed by atoms with E-state index in [0.717, 1.165) is 12.0 Å². The first-order chi connectivity index (χ1) is 5.95. The van der Waals surface area contributed by atoms with Gasteiger partial charge in [0.2, 0.25) is 0 Å². The number of hydrogen-bond acceptors (Lipinski definition) is 1. The van der Waals surface area contributed by atoms with Gasteiger partial charge in [-0.15, -0.1) is 0 Å². The van der Waals surface area contributed by atoms with Crippen LogP contribution in [0.4, 0.5) is 0 Å². The molecule has 1 nitrogen and oxygen atoms in total. The van der Waals surface area contributed by atoms with Crippen LogP contribution in [-0.2, 0) is 4.79 Å². The zero-order valence-corrected chi connectivity index (χ0v) is 9.35. The molecule has 0 fully saturated rings. The van der Waals surface area contributed by atoms with E-state index in [1.807, 2.05) is 0 Å². The van der Waals surface area contributed by atoms with Crippen LogP contribution in [0.3, 0.4) is 0 Å². The molecular formula is C12H20O. The largest absolute Gasteiger partial charge is 0.294 e. The molecule has 1 atom stereocenters. The maximum Gasteiger partial charge on any atom is 0.162 e. The molecule has 1 rings (SSSR count). The van der Waals surface area contributed by atoms with Gasteiger partial charge in [-0.25, -0.2) is 0 Å². The highest BCUT2D eigenvalue weighted by molar-refractivity contribution is 6.00. The first-order valence-electron chi connectivity index (χ1n) is 5.19. The van der Waals surface area contributed by atoms with E-state index < -0.39 is 0 Å². The Bertz CT molecular complexity index is 246. The summed E-state index contributed by atoms with van der Waals surface area (Å²) < 4.78 is 0. The van der Waals surface area contributed by atoms with Crippen molar-refractivity contribution in [3.05, 3.63) is 11.1 Å². The van der Waals surface area contributed by atoms with Crippen molar-refractivity contribution < 1.29 is 4.79 Å². The molecule has 1 aliphatic rings. The number of ketones is 1. The summed E-state index contributed by atoms with van der Waals surface area (Å²) in [5.74, 6) is 1.55. The summed E-state index contributed by atoms with van der Waals surface area (Å²) in [5, 5.41) is 0. The Hall–Kier alpha value is -0.590. The maximum atomic E-state index is 11.9. The highest BCUT2D eigenvalue weighted by Gasteiger charge is 2.33. The monoisotopic (exact) mass is 180 g/mol. The van der Waals surface area contributed by atoms with Gasteiger partial charge in [-0.2, -0.15) is 0 Å². The Labute approximate surface area is 81.2 Å². The minimum absolute atomic E-state index is 0.261. The van der Waals surface area contributed by atoms with E-state index >= 15 is 0 Å². The van der Waals surface area contributed by atoms with Gasteiger partial charge in [0.15, 0.2) is 5.78 Å². The quantitative estimate of drug-likeness (QED) is 0.637. The molecule has 0 spiro atoms. The SMILES string of the molecule is CC1=C(C(C)C)C(=O)C(C(C)C)C1. The molecule has 0 heterocycles. The van der Waals surface area contributed by atoms with E-state index in [1.54, 1.807) is 0 Å². The van der Waals surface area contributed by atoms with Crippen LogP contribution in [0.5, 0.6) is 0 Å². The van der Waals surface area contributed by atoms with Crippen molar-refractivity contribution in [3.8, 4) is 0 Å². The van der Waals surface area contributed by atoms with Gasteiger partial charge in [-0.05, 0) is 30.8 Å². The molecular weight excluding hydrogens is 160 g/mol. The van der Waals surface area contributed by atoms with Crippen molar-refractivity contribution in [2.75, 3.05) is 0 Å². The lowest BCUT2D eigenvalue weighted by Gasteiger charge is -2.13. The van der Waals surface area contributed by atoms with Crippen molar-refractivity contribution in [2.24, 2.45) is 17.8 Å². The molecule has 74 valence electrons. The van der Waals surface area contributed by atoms with E-state index in [4.69, 9.17) is 0 Å². The molecule has 1 aliphatic carbocycles. The van der Waals surface area contributed by atoms with E-state index in [9.17, 15) is 4.79 Å². The summed E-state index contributed by atoms with van der Waals surface area (Å²) in [4.78, 5) is 11.9. The number of carbonyl (C=O) groups excluding carboxylic acids is 1. The van der Waals surface area contributed by atoms with Crippen LogP contribution in [0.25, 0.3) is 0 Å². The fraction of sp³-hybridized carbons (Fsp3) is 0.750. The number of Topliss-reactive ketones (excluding diaryl/α,β-unsaturated/α-hetero) is 1. The molecule has 0 N–H and O–H groups in total. The van der Waals surface area contributed by atoms with Crippen LogP contribution < -0.4 is 0 Å². The van der Waals surface area contributed by atoms with Crippen LogP contribution in [-0.4, -0.2) is 5.78 Å². The lowest BCUT2D eigenvalue weighted by molar-refractivity contribution is -0.119. The molecule has 0 aliphatic heterocycles. The van der Waals surface area contributed by atoms with E-state index in [2.05, 4.69) is 34.6 Å². The summed E-state index contributed by atoms with van der Waals surface area (Å²) in [6, 6.07) is 0. The van der Waals surface area contributed by atoms with E-state index in [-0.39, 0.29) is 5.92 Å². The molecule has 1 unspecified atom stereocenters. The first kappa shape index (κ1) is 10.5. The standard InChI is InChI=1S/C12H20O/c1-7(2)10-6-9(5)11(8(3)4)12(10)13/h7-8,10H,6H2,1-5H3. The van der Waals surface area contributed by atoms with Crippen molar-refractivity contribution in [2.45, 2.75) is 41.0 Å². The molecule has 0 radical (unpaired) electrons. The second-order valence-electron chi connectivity index (χ2n) is 4.77. The fourth-order valence-corrected chi connectivity index (χ4v) is 2.26. The minimum Gasteiger partial charge on any atom is -0.294 e. The summed E-state index contributed by atoms with van der Waals surface area (Å²) >= 11 is 0. The van der Waals surface area contributed by atoms with Crippen LogP contribution in [0.15, 0.2) is 11.1 Å². The number of rotatable bonds is 2. The average Bonchev–Trinajstić information content (AvgIpc) is 2.26. The molecule has 0 aromatic rings. The van der Waals surface area contributed by atoms with Gasteiger partial charge >= 0.3 is 0 Å². The Kier molecular flexibility index (Phi) is 2.94. The van der Waals surface area contributed by atoms with Gasteiger partial charge in [0.05, 0.1) is 0 Å². The van der Waals surface area contributed by atoms with Crippen LogP contribution >= 0.6 is 0 Å². The van der Waals surface area contributed by atoms with Crippen LogP contribution in [0.2, 0.25) is 0 Å². The fourth-order valence-electron chi connectivity index (χ4n) is 2.26. The normalized spacial score (nSPS) is 23.9. The Morgan fingerprint density at radius 3 is 2.00 bits per heavy atom. The zero-order valence-electron chi connectivity index (χ0n) is 9.35. The predicted octanol–water partition coefficient (Wildman–Crippen LogP) is 3.20. The predicted molar refractivity (Wildman–Crippen MR) is 55.5 cm³/mol. The van der Waals surface area contributed by atoms with Gasteiger partial charge in [-0.1, -0.05) is 33.3 Å². The molecule has 0 bridgehead atoms. The van der Waals surface area contributed by atoms with Gasteiger partial charge in [0.1, 0.15) is 0 Å². The third-order valence-electron chi connectivity index (χ3n) is 2.97. The summed E-state index contributed by atoms with van der Waals surface area (Å²) in [6.45, 7) is 10.6. The molecule has 1 heteroatoms. The van der Waals surface area contributed by atoms with E-state index in [0.29, 0.717) is 17.6 Å². The summed E-state index contributed by atoms with van der Waals surface area (Å²) in [5.41, 5.74) is 2.41. The smallest absolute Gasteiger partial charge is 0.162 e. The third kappa shape index (κ3) is 1.84. The first-order valence-corrected chi connectivity index (χ1v) is 5.19. The van der Waals surface area contributed by atoms with Gasteiger partial charge in [-0.3, -0.25) is 4.79 Å². The second-order valence-corrected chi connectivity index (χ2v) is 4.77. The topological polar surface area (TPSA) is 17.1 Å².